The molecule has 3 aromatic rings. The van der Waals surface area contributed by atoms with Gasteiger partial charge in [-0.3, -0.25) is 18.9 Å². The number of carbonyl (C=O) groups is 2. The second-order valence-electron chi connectivity index (χ2n) is 8.92. The van der Waals surface area contributed by atoms with Crippen LogP contribution in [0.1, 0.15) is 29.9 Å². The van der Waals surface area contributed by atoms with Gasteiger partial charge < -0.3 is 19.5 Å². The second-order valence-corrected chi connectivity index (χ2v) is 8.92. The topological polar surface area (TPSA) is 96.6 Å². The standard InChI is InChI=1S/C27H30N4O5/c1-3-36-20-9-7-19(8-10-20)24-22(25(32)23-18(2)28-21-6-4-5-11-30(21)23)26(33)27(34)31(24)13-12-29-14-16-35-17-15-29/h4-11,24,32H,3,12-17H2,1-2H3/b25-22+/t24-/m1/s1. The number of imidazole rings is 1. The third-order valence-corrected chi connectivity index (χ3v) is 6.74. The minimum Gasteiger partial charge on any atom is -0.505 e. The van der Waals surface area contributed by atoms with Crippen molar-refractivity contribution in [2.45, 2.75) is 19.9 Å². The number of aliphatic hydroxyl groups excluding tert-OH is 1. The second kappa shape index (κ2) is 10.1. The number of rotatable bonds is 7. The molecule has 5 rings (SSSR count). The first-order valence-electron chi connectivity index (χ1n) is 12.2. The highest BCUT2D eigenvalue weighted by atomic mass is 16.5. The molecular weight excluding hydrogens is 460 g/mol. The van der Waals surface area contributed by atoms with Crippen molar-refractivity contribution in [2.24, 2.45) is 0 Å². The number of hydrogen-bond donors (Lipinski definition) is 1. The van der Waals surface area contributed by atoms with Crippen LogP contribution in [0.25, 0.3) is 11.4 Å². The van der Waals surface area contributed by atoms with E-state index in [2.05, 4.69) is 9.88 Å². The smallest absolute Gasteiger partial charge is 0.295 e. The van der Waals surface area contributed by atoms with Crippen molar-refractivity contribution in [3.63, 3.8) is 0 Å². The number of likely N-dealkylation sites (tertiary alicyclic amines) is 1. The predicted octanol–water partition coefficient (Wildman–Crippen LogP) is 2.80. The van der Waals surface area contributed by atoms with E-state index >= 15 is 0 Å². The van der Waals surface area contributed by atoms with E-state index in [1.54, 1.807) is 22.4 Å². The first-order chi connectivity index (χ1) is 17.5. The molecule has 0 saturated carbocycles. The zero-order chi connectivity index (χ0) is 25.2. The molecule has 2 fully saturated rings. The molecule has 1 atom stereocenters. The van der Waals surface area contributed by atoms with E-state index in [1.807, 2.05) is 49.4 Å². The summed E-state index contributed by atoms with van der Waals surface area (Å²) in [5, 5.41) is 11.5. The summed E-state index contributed by atoms with van der Waals surface area (Å²) < 4.78 is 12.7. The number of hydrogen-bond acceptors (Lipinski definition) is 7. The van der Waals surface area contributed by atoms with E-state index in [1.165, 1.54) is 0 Å². The summed E-state index contributed by atoms with van der Waals surface area (Å²) in [6, 6.07) is 12.1. The Kier molecular flexibility index (Phi) is 6.75. The summed E-state index contributed by atoms with van der Waals surface area (Å²) in [5.41, 5.74) is 2.43. The van der Waals surface area contributed by atoms with Gasteiger partial charge in [0.1, 0.15) is 17.1 Å². The fraction of sp³-hybridized carbons (Fsp3) is 0.370. The molecule has 2 saturated heterocycles. The highest BCUT2D eigenvalue weighted by Gasteiger charge is 2.46. The number of morpholine rings is 1. The van der Waals surface area contributed by atoms with E-state index in [4.69, 9.17) is 9.47 Å². The maximum Gasteiger partial charge on any atom is 0.295 e. The third-order valence-electron chi connectivity index (χ3n) is 6.74. The van der Waals surface area contributed by atoms with Crippen LogP contribution in [0.5, 0.6) is 5.75 Å². The van der Waals surface area contributed by atoms with Crippen LogP contribution < -0.4 is 4.74 Å². The lowest BCUT2D eigenvalue weighted by molar-refractivity contribution is -0.140. The summed E-state index contributed by atoms with van der Waals surface area (Å²) >= 11 is 0. The number of Topliss-reactive ketones (excluding diaryl/α,β-unsaturated/α-hetero) is 1. The largest absolute Gasteiger partial charge is 0.505 e. The Morgan fingerprint density at radius 3 is 2.58 bits per heavy atom. The Bertz CT molecular complexity index is 1310. The Hall–Kier alpha value is -3.69. The zero-order valence-corrected chi connectivity index (χ0v) is 20.5. The summed E-state index contributed by atoms with van der Waals surface area (Å²) in [4.78, 5) is 35.0. The molecular formula is C27H30N4O5. The normalized spacial score (nSPS) is 20.4. The van der Waals surface area contributed by atoms with Crippen molar-refractivity contribution in [2.75, 3.05) is 46.0 Å². The number of ether oxygens (including phenoxy) is 2. The Morgan fingerprint density at radius 1 is 1.11 bits per heavy atom. The molecule has 2 aromatic heterocycles. The minimum absolute atomic E-state index is 0.0693. The van der Waals surface area contributed by atoms with Gasteiger partial charge in [-0.05, 0) is 43.7 Å². The Labute approximate surface area is 209 Å². The molecule has 0 radical (unpaired) electrons. The maximum absolute atomic E-state index is 13.4. The lowest BCUT2D eigenvalue weighted by Crippen LogP contribution is -2.42. The van der Waals surface area contributed by atoms with E-state index in [0.717, 1.165) is 18.7 Å². The van der Waals surface area contributed by atoms with Crippen LogP contribution in [0.2, 0.25) is 0 Å². The molecule has 4 heterocycles. The van der Waals surface area contributed by atoms with Crippen LogP contribution in [-0.4, -0.2) is 82.0 Å². The van der Waals surface area contributed by atoms with Gasteiger partial charge in [-0.15, -0.1) is 0 Å². The average Bonchev–Trinajstić information content (AvgIpc) is 3.36. The minimum atomic E-state index is -0.727. The van der Waals surface area contributed by atoms with Gasteiger partial charge >= 0.3 is 0 Å². The molecule has 2 aliphatic heterocycles. The van der Waals surface area contributed by atoms with Crippen molar-refractivity contribution in [3.8, 4) is 5.75 Å². The highest BCUT2D eigenvalue weighted by Crippen LogP contribution is 2.40. The SMILES string of the molecule is CCOc1ccc([C@@H]2/C(=C(\O)c3c(C)nc4ccccn34)C(=O)C(=O)N2CCN2CCOCC2)cc1. The molecule has 0 bridgehead atoms. The van der Waals surface area contributed by atoms with Crippen LogP contribution in [0.4, 0.5) is 0 Å². The molecule has 0 spiro atoms. The molecule has 1 N–H and O–H groups in total. The summed E-state index contributed by atoms with van der Waals surface area (Å²) in [5.74, 6) is -0.838. The van der Waals surface area contributed by atoms with Crippen molar-refractivity contribution < 1.29 is 24.2 Å². The van der Waals surface area contributed by atoms with Crippen molar-refractivity contribution >= 4 is 23.1 Å². The van der Waals surface area contributed by atoms with Gasteiger partial charge in [-0.25, -0.2) is 4.98 Å². The molecule has 2 aliphatic rings. The molecule has 9 heteroatoms. The number of aromatic nitrogens is 2. The van der Waals surface area contributed by atoms with Crippen LogP contribution in [-0.2, 0) is 14.3 Å². The fourth-order valence-electron chi connectivity index (χ4n) is 4.97. The van der Waals surface area contributed by atoms with Gasteiger partial charge in [0.15, 0.2) is 5.76 Å². The Balaban J connectivity index is 1.59. The maximum atomic E-state index is 13.4. The zero-order valence-electron chi connectivity index (χ0n) is 20.5. The summed E-state index contributed by atoms with van der Waals surface area (Å²) in [7, 11) is 0. The molecule has 0 unspecified atom stereocenters. The average molecular weight is 491 g/mol. The quantitative estimate of drug-likeness (QED) is 0.309. The number of amides is 1. The molecule has 188 valence electrons. The molecule has 1 aromatic carbocycles. The van der Waals surface area contributed by atoms with Crippen LogP contribution in [0.15, 0.2) is 54.2 Å². The van der Waals surface area contributed by atoms with E-state index in [0.29, 0.717) is 55.7 Å². The van der Waals surface area contributed by atoms with Gasteiger partial charge in [0.05, 0.1) is 37.1 Å². The number of aliphatic hydroxyl groups is 1. The number of nitrogens with zero attached hydrogens (tertiary/aromatic N) is 4. The third kappa shape index (κ3) is 4.36. The number of pyridine rings is 1. The first kappa shape index (κ1) is 24.0. The van der Waals surface area contributed by atoms with Crippen molar-refractivity contribution in [3.05, 3.63) is 71.2 Å². The van der Waals surface area contributed by atoms with Crippen molar-refractivity contribution in [1.29, 1.82) is 0 Å². The molecule has 0 aliphatic carbocycles. The number of benzene rings is 1. The van der Waals surface area contributed by atoms with E-state index in [9.17, 15) is 14.7 Å². The monoisotopic (exact) mass is 490 g/mol. The number of fused-ring (bicyclic) bond motifs is 1. The fourth-order valence-corrected chi connectivity index (χ4v) is 4.97. The lowest BCUT2D eigenvalue weighted by atomic mass is 9.96. The molecule has 1 amide bonds. The van der Waals surface area contributed by atoms with Crippen molar-refractivity contribution in [1.82, 2.24) is 19.2 Å². The predicted molar refractivity (Wildman–Crippen MR) is 134 cm³/mol. The van der Waals surface area contributed by atoms with Gasteiger partial charge in [0.25, 0.3) is 11.7 Å². The lowest BCUT2D eigenvalue weighted by Gasteiger charge is -2.31. The number of ketones is 1. The van der Waals surface area contributed by atoms with E-state index < -0.39 is 17.7 Å². The van der Waals surface area contributed by atoms with Gasteiger partial charge in [0, 0.05) is 32.4 Å². The van der Waals surface area contributed by atoms with E-state index in [-0.39, 0.29) is 11.3 Å². The Morgan fingerprint density at radius 2 is 1.86 bits per heavy atom. The number of carbonyl (C=O) groups excluding carboxylic acids is 2. The van der Waals surface area contributed by atoms with Crippen LogP contribution in [0.3, 0.4) is 0 Å². The van der Waals surface area contributed by atoms with Gasteiger partial charge in [-0.1, -0.05) is 18.2 Å². The molecule has 9 nitrogen and oxygen atoms in total. The van der Waals surface area contributed by atoms with Crippen LogP contribution in [0, 0.1) is 6.92 Å². The molecule has 36 heavy (non-hydrogen) atoms. The summed E-state index contributed by atoms with van der Waals surface area (Å²) in [6.07, 6.45) is 1.78. The number of aryl methyl sites for hydroxylation is 1. The first-order valence-corrected chi connectivity index (χ1v) is 12.2. The van der Waals surface area contributed by atoms with Crippen LogP contribution >= 0.6 is 0 Å². The van der Waals surface area contributed by atoms with Gasteiger partial charge in [0.2, 0.25) is 0 Å². The highest BCUT2D eigenvalue weighted by molar-refractivity contribution is 6.46. The summed E-state index contributed by atoms with van der Waals surface area (Å²) in [6.45, 7) is 8.03. The van der Waals surface area contributed by atoms with Gasteiger partial charge in [-0.2, -0.15) is 0 Å².